The third-order valence-electron chi connectivity index (χ3n) is 7.71. The molecule has 222 valence electrons. The molecule has 1 saturated carbocycles. The fraction of sp³-hybridized carbons (Fsp3) is 0.367. The van der Waals surface area contributed by atoms with Gasteiger partial charge in [-0.3, -0.25) is 4.72 Å². The van der Waals surface area contributed by atoms with Gasteiger partial charge in [-0.05, 0) is 87.7 Å². The minimum absolute atomic E-state index is 0.00883. The summed E-state index contributed by atoms with van der Waals surface area (Å²) in [5.74, 6) is -0.703. The number of fused-ring (bicyclic) bond motifs is 1. The predicted octanol–water partition coefficient (Wildman–Crippen LogP) is 6.14. The van der Waals surface area contributed by atoms with Crippen LogP contribution in [0.25, 0.3) is 22.0 Å². The van der Waals surface area contributed by atoms with E-state index in [-0.39, 0.29) is 15.8 Å². The molecule has 0 radical (unpaired) electrons. The molecule has 0 bridgehead atoms. The minimum atomic E-state index is -4.19. The van der Waals surface area contributed by atoms with E-state index in [1.165, 1.54) is 31.4 Å². The van der Waals surface area contributed by atoms with Crippen LogP contribution >= 0.6 is 11.6 Å². The van der Waals surface area contributed by atoms with E-state index in [1.54, 1.807) is 12.3 Å². The van der Waals surface area contributed by atoms with Gasteiger partial charge in [0, 0.05) is 29.2 Å². The number of hydrogen-bond acceptors (Lipinski definition) is 8. The summed E-state index contributed by atoms with van der Waals surface area (Å²) in [5, 5.41) is 4.31. The van der Waals surface area contributed by atoms with Gasteiger partial charge in [-0.2, -0.15) is 4.98 Å². The van der Waals surface area contributed by atoms with E-state index in [9.17, 15) is 8.42 Å². The quantitative estimate of drug-likeness (QED) is 0.232. The summed E-state index contributed by atoms with van der Waals surface area (Å²) in [4.78, 5) is 15.7. The summed E-state index contributed by atoms with van der Waals surface area (Å²) in [7, 11) is 1.46. The van der Waals surface area contributed by atoms with Gasteiger partial charge in [-0.1, -0.05) is 30.7 Å². The summed E-state index contributed by atoms with van der Waals surface area (Å²) in [5.41, 5.74) is 2.79. The number of benzene rings is 2. The third-order valence-corrected chi connectivity index (χ3v) is 9.54. The van der Waals surface area contributed by atoms with Gasteiger partial charge in [-0.25, -0.2) is 22.8 Å². The van der Waals surface area contributed by atoms with Crippen molar-refractivity contribution in [2.75, 3.05) is 31.2 Å². The van der Waals surface area contributed by atoms with Crippen LogP contribution < -0.4 is 14.8 Å². The number of pyridine rings is 1. The summed E-state index contributed by atoms with van der Waals surface area (Å²) in [6.45, 7) is 2.03. The molecule has 1 aliphatic carbocycles. The average molecular weight is 613 g/mol. The first kappa shape index (κ1) is 29.9. The van der Waals surface area contributed by atoms with Crippen LogP contribution in [0.4, 0.5) is 16.2 Å². The zero-order valence-corrected chi connectivity index (χ0v) is 25.6. The van der Waals surface area contributed by atoms with Crippen molar-refractivity contribution in [3.8, 4) is 17.0 Å². The maximum Gasteiger partial charge on any atom is 0.264 e. The summed E-state index contributed by atoms with van der Waals surface area (Å²) in [6, 6.07) is 11.8. The molecule has 9 nitrogen and oxygen atoms in total. The molecule has 0 spiro atoms. The molecule has 2 aromatic carbocycles. The van der Waals surface area contributed by atoms with Gasteiger partial charge in [-0.15, -0.1) is 0 Å². The molecule has 12 heteroatoms. The van der Waals surface area contributed by atoms with Crippen LogP contribution in [0.3, 0.4) is 0 Å². The van der Waals surface area contributed by atoms with Gasteiger partial charge in [0.05, 0.1) is 17.6 Å². The number of aryl methyl sites for hydroxylation is 1. The number of sulfonamides is 1. The van der Waals surface area contributed by atoms with Crippen LogP contribution in [0.15, 0.2) is 53.6 Å². The van der Waals surface area contributed by atoms with Crippen molar-refractivity contribution in [1.82, 2.24) is 19.9 Å². The Morgan fingerprint density at radius 2 is 1.83 bits per heavy atom. The fourth-order valence-electron chi connectivity index (χ4n) is 5.38. The topological polar surface area (TPSA) is 109 Å². The van der Waals surface area contributed by atoms with Crippen molar-refractivity contribution < 1.29 is 17.5 Å². The maximum atomic E-state index is 15.3. The molecule has 0 saturated heterocycles. The molecule has 5 rings (SSSR count). The number of methoxy groups -OCH3 is 1. The number of anilines is 2. The zero-order valence-electron chi connectivity index (χ0n) is 24.0. The molecular formula is C30H34ClFN6O3S. The second kappa shape index (κ2) is 12.4. The Bertz CT molecular complexity index is 1710. The lowest BCUT2D eigenvalue weighted by Crippen LogP contribution is -2.36. The number of halogens is 2. The highest BCUT2D eigenvalue weighted by Gasteiger charge is 2.24. The van der Waals surface area contributed by atoms with Crippen LogP contribution in [0.2, 0.25) is 5.02 Å². The third kappa shape index (κ3) is 6.28. The molecule has 1 aliphatic rings. The first-order chi connectivity index (χ1) is 20.1. The summed E-state index contributed by atoms with van der Waals surface area (Å²) >= 11 is 6.06. The second-order valence-corrected chi connectivity index (χ2v) is 12.7. The molecular weight excluding hydrogens is 579 g/mol. The number of aromatic nitrogens is 3. The zero-order chi connectivity index (χ0) is 30.0. The van der Waals surface area contributed by atoms with Crippen LogP contribution in [-0.2, 0) is 16.4 Å². The highest BCUT2D eigenvalue weighted by atomic mass is 35.5. The molecule has 2 N–H and O–H groups in total. The van der Waals surface area contributed by atoms with Gasteiger partial charge in [0.15, 0.2) is 11.6 Å². The predicted molar refractivity (Wildman–Crippen MR) is 164 cm³/mol. The summed E-state index contributed by atoms with van der Waals surface area (Å²) in [6.07, 6.45) is 6.84. The van der Waals surface area contributed by atoms with Crippen molar-refractivity contribution >= 4 is 44.3 Å². The number of ether oxygens (including phenoxy) is 1. The fourth-order valence-corrected chi connectivity index (χ4v) is 6.91. The van der Waals surface area contributed by atoms with Gasteiger partial charge in [0.2, 0.25) is 11.8 Å². The van der Waals surface area contributed by atoms with Crippen molar-refractivity contribution in [1.29, 1.82) is 0 Å². The Morgan fingerprint density at radius 1 is 1.10 bits per heavy atom. The Kier molecular flexibility index (Phi) is 8.81. The van der Waals surface area contributed by atoms with Crippen molar-refractivity contribution in [2.24, 2.45) is 0 Å². The Balaban J connectivity index is 1.44. The number of rotatable bonds is 9. The lowest BCUT2D eigenvalue weighted by atomic mass is 9.90. The highest BCUT2D eigenvalue weighted by molar-refractivity contribution is 7.92. The molecule has 0 atom stereocenters. The normalized spacial score (nSPS) is 17.4. The van der Waals surface area contributed by atoms with Gasteiger partial charge < -0.3 is 15.0 Å². The Morgan fingerprint density at radius 3 is 2.50 bits per heavy atom. The van der Waals surface area contributed by atoms with Gasteiger partial charge >= 0.3 is 0 Å². The number of nitrogens with zero attached hydrogens (tertiary/aromatic N) is 4. The van der Waals surface area contributed by atoms with E-state index in [0.29, 0.717) is 35.6 Å². The minimum Gasteiger partial charge on any atom is -0.480 e. The van der Waals surface area contributed by atoms with Crippen LogP contribution in [0, 0.1) is 5.82 Å². The standard InChI is InChI=1S/C30H34ClFN6O3S/c1-5-18-14-19(15-20-17-33-30(35-27(18)20)34-21-10-12-22(13-11-21)38(2)3)23-16-25(32)28(36-29(23)41-4)37-42(39,40)26-9-7-6-8-24(26)31/h6-9,14-17,21-22H,5,10-13H2,1-4H3,(H,36,37)(H,33,34,35)/t21-,22+. The molecule has 1 fully saturated rings. The van der Waals surface area contributed by atoms with Crippen LogP contribution in [0.5, 0.6) is 5.88 Å². The molecule has 0 aliphatic heterocycles. The Labute approximate surface area is 250 Å². The lowest BCUT2D eigenvalue weighted by Gasteiger charge is -2.32. The molecule has 2 heterocycles. The van der Waals surface area contributed by atoms with Gasteiger partial charge in [0.1, 0.15) is 4.90 Å². The van der Waals surface area contributed by atoms with Crippen molar-refractivity contribution in [2.45, 2.75) is 56.0 Å². The maximum absolute atomic E-state index is 15.3. The lowest BCUT2D eigenvalue weighted by molar-refractivity contribution is 0.221. The Hall–Kier alpha value is -3.54. The molecule has 42 heavy (non-hydrogen) atoms. The van der Waals surface area contributed by atoms with E-state index < -0.39 is 21.7 Å². The second-order valence-electron chi connectivity index (χ2n) is 10.6. The first-order valence-corrected chi connectivity index (χ1v) is 15.7. The SMILES string of the molecule is CCc1cc(-c2cc(F)c(NS(=O)(=O)c3ccccc3Cl)nc2OC)cc2cnc(N[C@H]3CC[C@@H](N(C)C)CC3)nc12. The van der Waals surface area contributed by atoms with E-state index in [4.69, 9.17) is 21.3 Å². The molecule has 2 aromatic heterocycles. The van der Waals surface area contributed by atoms with Crippen molar-refractivity contribution in [3.63, 3.8) is 0 Å². The van der Waals surface area contributed by atoms with Crippen LogP contribution in [0.1, 0.15) is 38.2 Å². The smallest absolute Gasteiger partial charge is 0.264 e. The molecule has 4 aromatic rings. The first-order valence-electron chi connectivity index (χ1n) is 13.8. The van der Waals surface area contributed by atoms with Gasteiger partial charge in [0.25, 0.3) is 10.0 Å². The van der Waals surface area contributed by atoms with E-state index >= 15 is 4.39 Å². The molecule has 0 unspecified atom stereocenters. The van der Waals surface area contributed by atoms with E-state index in [2.05, 4.69) is 39.0 Å². The average Bonchev–Trinajstić information content (AvgIpc) is 2.97. The van der Waals surface area contributed by atoms with Crippen LogP contribution in [-0.4, -0.2) is 61.6 Å². The number of hydrogen-bond donors (Lipinski definition) is 2. The summed E-state index contributed by atoms with van der Waals surface area (Å²) < 4.78 is 48.8. The largest absolute Gasteiger partial charge is 0.480 e. The number of nitrogens with one attached hydrogen (secondary N) is 2. The monoisotopic (exact) mass is 612 g/mol. The highest BCUT2D eigenvalue weighted by Crippen LogP contribution is 2.36. The van der Waals surface area contributed by atoms with E-state index in [1.807, 2.05) is 19.1 Å². The molecule has 0 amide bonds. The van der Waals surface area contributed by atoms with E-state index in [0.717, 1.165) is 42.1 Å². The van der Waals surface area contributed by atoms with Crippen molar-refractivity contribution in [3.05, 3.63) is 65.1 Å².